The van der Waals surface area contributed by atoms with Crippen LogP contribution in [0.4, 0.5) is 0 Å². The summed E-state index contributed by atoms with van der Waals surface area (Å²) >= 11 is 1.58. The molecule has 0 aliphatic rings. The van der Waals surface area contributed by atoms with Crippen LogP contribution in [-0.4, -0.2) is 21.4 Å². The summed E-state index contributed by atoms with van der Waals surface area (Å²) in [6, 6.07) is 3.93. The van der Waals surface area contributed by atoms with Gasteiger partial charge in [-0.25, -0.2) is 0 Å². The Balaban J connectivity index is 2.01. The molecule has 0 spiro atoms. The van der Waals surface area contributed by atoms with Crippen molar-refractivity contribution in [3.05, 3.63) is 39.8 Å². The van der Waals surface area contributed by atoms with Crippen molar-refractivity contribution < 1.29 is 5.11 Å². The number of nitrogens with one attached hydrogen (secondary N) is 1. The smallest absolute Gasteiger partial charge is 0.108 e. The molecule has 0 amide bonds. The van der Waals surface area contributed by atoms with Crippen LogP contribution in [-0.2, 0) is 24.6 Å². The van der Waals surface area contributed by atoms with Crippen molar-refractivity contribution >= 4 is 11.3 Å². The standard InChI is InChI=1S/C16H25N3OS/c1-15(2,3)14-12(10-19(5)18-14)9-17-11-16(4,20)13-7-6-8-21-13/h6-8,10,17,20H,9,11H2,1-5H3. The van der Waals surface area contributed by atoms with Gasteiger partial charge in [-0.2, -0.15) is 5.10 Å². The van der Waals surface area contributed by atoms with Gasteiger partial charge < -0.3 is 10.4 Å². The van der Waals surface area contributed by atoms with E-state index in [1.54, 1.807) is 11.3 Å². The average Bonchev–Trinajstić information content (AvgIpc) is 2.97. The number of hydrogen-bond acceptors (Lipinski definition) is 4. The molecule has 2 aromatic heterocycles. The highest BCUT2D eigenvalue weighted by molar-refractivity contribution is 7.10. The molecule has 116 valence electrons. The van der Waals surface area contributed by atoms with E-state index in [9.17, 15) is 5.11 Å². The van der Waals surface area contributed by atoms with E-state index in [1.165, 1.54) is 5.56 Å². The molecular formula is C16H25N3OS. The molecule has 5 heteroatoms. The monoisotopic (exact) mass is 307 g/mol. The van der Waals surface area contributed by atoms with Crippen molar-refractivity contribution in [1.82, 2.24) is 15.1 Å². The van der Waals surface area contributed by atoms with E-state index in [2.05, 4.69) is 31.2 Å². The van der Waals surface area contributed by atoms with Crippen LogP contribution in [0, 0.1) is 0 Å². The largest absolute Gasteiger partial charge is 0.383 e. The fourth-order valence-corrected chi connectivity index (χ4v) is 3.20. The van der Waals surface area contributed by atoms with Crippen LogP contribution < -0.4 is 5.32 Å². The molecule has 0 saturated heterocycles. The molecule has 1 unspecified atom stereocenters. The van der Waals surface area contributed by atoms with E-state index in [-0.39, 0.29) is 5.41 Å². The molecule has 4 nitrogen and oxygen atoms in total. The van der Waals surface area contributed by atoms with E-state index in [0.717, 1.165) is 10.6 Å². The van der Waals surface area contributed by atoms with Gasteiger partial charge in [0.05, 0.1) is 5.69 Å². The molecule has 0 bridgehead atoms. The van der Waals surface area contributed by atoms with Crippen LogP contribution in [0.15, 0.2) is 23.7 Å². The Morgan fingerprint density at radius 2 is 2.05 bits per heavy atom. The third kappa shape index (κ3) is 3.93. The first-order valence-corrected chi connectivity index (χ1v) is 8.08. The summed E-state index contributed by atoms with van der Waals surface area (Å²) in [5.41, 5.74) is 1.48. The number of hydrogen-bond donors (Lipinski definition) is 2. The Labute approximate surface area is 130 Å². The molecule has 2 rings (SSSR count). The molecule has 2 heterocycles. The predicted octanol–water partition coefficient (Wildman–Crippen LogP) is 2.78. The molecule has 2 N–H and O–H groups in total. The van der Waals surface area contributed by atoms with Crippen molar-refractivity contribution in [3.63, 3.8) is 0 Å². The summed E-state index contributed by atoms with van der Waals surface area (Å²) in [5, 5.41) is 20.4. The first-order valence-electron chi connectivity index (χ1n) is 7.20. The predicted molar refractivity (Wildman–Crippen MR) is 87.5 cm³/mol. The van der Waals surface area contributed by atoms with Gasteiger partial charge in [-0.1, -0.05) is 26.8 Å². The summed E-state index contributed by atoms with van der Waals surface area (Å²) < 4.78 is 1.86. The number of aromatic nitrogens is 2. The molecule has 1 atom stereocenters. The highest BCUT2D eigenvalue weighted by atomic mass is 32.1. The Morgan fingerprint density at radius 1 is 1.33 bits per heavy atom. The molecule has 0 saturated carbocycles. The zero-order valence-electron chi connectivity index (χ0n) is 13.5. The van der Waals surface area contributed by atoms with E-state index >= 15 is 0 Å². The maximum absolute atomic E-state index is 10.5. The number of thiophene rings is 1. The van der Waals surface area contributed by atoms with Crippen LogP contribution in [0.2, 0.25) is 0 Å². The van der Waals surface area contributed by atoms with Crippen LogP contribution >= 0.6 is 11.3 Å². The number of aryl methyl sites for hydroxylation is 1. The molecule has 0 aliphatic carbocycles. The Morgan fingerprint density at radius 3 is 2.62 bits per heavy atom. The summed E-state index contributed by atoms with van der Waals surface area (Å²) in [6.07, 6.45) is 2.05. The Bertz CT molecular complexity index is 579. The van der Waals surface area contributed by atoms with Gasteiger partial charge in [-0.3, -0.25) is 4.68 Å². The Kier molecular flexibility index (Phi) is 4.56. The molecule has 2 aromatic rings. The van der Waals surface area contributed by atoms with Gasteiger partial charge in [-0.15, -0.1) is 11.3 Å². The second kappa shape index (κ2) is 5.91. The minimum atomic E-state index is -0.835. The van der Waals surface area contributed by atoms with Crippen molar-refractivity contribution in [1.29, 1.82) is 0 Å². The normalized spacial score (nSPS) is 15.1. The zero-order valence-corrected chi connectivity index (χ0v) is 14.3. The van der Waals surface area contributed by atoms with Crippen LogP contribution in [0.1, 0.15) is 43.8 Å². The summed E-state index contributed by atoms with van der Waals surface area (Å²) in [7, 11) is 1.94. The van der Waals surface area contributed by atoms with Gasteiger partial charge in [0.15, 0.2) is 0 Å². The lowest BCUT2D eigenvalue weighted by Gasteiger charge is -2.23. The zero-order chi connectivity index (χ0) is 15.7. The van der Waals surface area contributed by atoms with Gasteiger partial charge in [0.25, 0.3) is 0 Å². The van der Waals surface area contributed by atoms with Crippen molar-refractivity contribution in [2.24, 2.45) is 7.05 Å². The SMILES string of the molecule is Cn1cc(CNCC(C)(O)c2cccs2)c(C(C)(C)C)n1. The third-order valence-corrected chi connectivity index (χ3v) is 4.57. The number of rotatable bonds is 5. The van der Waals surface area contributed by atoms with Gasteiger partial charge >= 0.3 is 0 Å². The first kappa shape index (κ1) is 16.2. The van der Waals surface area contributed by atoms with E-state index < -0.39 is 5.60 Å². The topological polar surface area (TPSA) is 50.1 Å². The molecule has 0 aliphatic heterocycles. The lowest BCUT2D eigenvalue weighted by Crippen LogP contribution is -2.34. The van der Waals surface area contributed by atoms with Crippen molar-refractivity contribution in [2.45, 2.75) is 45.3 Å². The van der Waals surface area contributed by atoms with E-state index in [4.69, 9.17) is 0 Å². The molecular weight excluding hydrogens is 282 g/mol. The average molecular weight is 307 g/mol. The second-order valence-corrected chi connectivity index (χ2v) is 7.73. The number of nitrogens with zero attached hydrogens (tertiary/aromatic N) is 2. The van der Waals surface area contributed by atoms with Crippen LogP contribution in [0.3, 0.4) is 0 Å². The summed E-state index contributed by atoms with van der Waals surface area (Å²) in [6.45, 7) is 9.58. The molecule has 0 radical (unpaired) electrons. The summed E-state index contributed by atoms with van der Waals surface area (Å²) in [5.74, 6) is 0. The van der Waals surface area contributed by atoms with Gasteiger partial charge in [-0.05, 0) is 18.4 Å². The fraction of sp³-hybridized carbons (Fsp3) is 0.562. The molecule has 0 fully saturated rings. The lowest BCUT2D eigenvalue weighted by atomic mass is 9.89. The highest BCUT2D eigenvalue weighted by Gasteiger charge is 2.25. The van der Waals surface area contributed by atoms with E-state index in [0.29, 0.717) is 13.1 Å². The minimum absolute atomic E-state index is 0.0224. The quantitative estimate of drug-likeness (QED) is 0.893. The van der Waals surface area contributed by atoms with Crippen LogP contribution in [0.5, 0.6) is 0 Å². The first-order chi connectivity index (χ1) is 9.70. The van der Waals surface area contributed by atoms with E-state index in [1.807, 2.05) is 42.4 Å². The minimum Gasteiger partial charge on any atom is -0.383 e. The second-order valence-electron chi connectivity index (χ2n) is 6.78. The van der Waals surface area contributed by atoms with Crippen LogP contribution in [0.25, 0.3) is 0 Å². The third-order valence-electron chi connectivity index (χ3n) is 3.45. The molecule has 21 heavy (non-hydrogen) atoms. The van der Waals surface area contributed by atoms with Gasteiger partial charge in [0.2, 0.25) is 0 Å². The highest BCUT2D eigenvalue weighted by Crippen LogP contribution is 2.26. The maximum atomic E-state index is 10.5. The molecule has 0 aromatic carbocycles. The van der Waals surface area contributed by atoms with Gasteiger partial charge in [0.1, 0.15) is 5.60 Å². The number of aliphatic hydroxyl groups is 1. The Hall–Kier alpha value is -1.17. The lowest BCUT2D eigenvalue weighted by molar-refractivity contribution is 0.0604. The maximum Gasteiger partial charge on any atom is 0.108 e. The van der Waals surface area contributed by atoms with Gasteiger partial charge in [0, 0.05) is 42.2 Å². The van der Waals surface area contributed by atoms with Crippen molar-refractivity contribution in [2.75, 3.05) is 6.54 Å². The van der Waals surface area contributed by atoms with Crippen molar-refractivity contribution in [3.8, 4) is 0 Å². The fourth-order valence-electron chi connectivity index (χ4n) is 2.41. The summed E-state index contributed by atoms with van der Waals surface area (Å²) in [4.78, 5) is 0.984.